The lowest BCUT2D eigenvalue weighted by Crippen LogP contribution is -2.46. The van der Waals surface area contributed by atoms with Crippen LogP contribution in [-0.4, -0.2) is 56.3 Å². The molecule has 178 valence electrons. The minimum Gasteiger partial charge on any atom is -0.493 e. The summed E-state index contributed by atoms with van der Waals surface area (Å²) in [7, 11) is 1.60. The zero-order valence-corrected chi connectivity index (χ0v) is 20.0. The summed E-state index contributed by atoms with van der Waals surface area (Å²) in [4.78, 5) is 20.3. The number of aromatic amines is 1. The van der Waals surface area contributed by atoms with E-state index < -0.39 is 0 Å². The van der Waals surface area contributed by atoms with E-state index in [0.717, 1.165) is 50.1 Å². The van der Waals surface area contributed by atoms with Gasteiger partial charge in [-0.15, -0.1) is 0 Å². The maximum atomic E-state index is 12.0. The average molecular weight is 462 g/mol. The number of hydrogen-bond acceptors (Lipinski definition) is 6. The van der Waals surface area contributed by atoms with Gasteiger partial charge >= 0.3 is 5.63 Å². The molecule has 0 unspecified atom stereocenters. The van der Waals surface area contributed by atoms with Crippen molar-refractivity contribution in [1.29, 1.82) is 0 Å². The van der Waals surface area contributed by atoms with Crippen molar-refractivity contribution in [2.24, 2.45) is 0 Å². The minimum absolute atomic E-state index is 0.314. The van der Waals surface area contributed by atoms with Crippen LogP contribution in [0.2, 0.25) is 0 Å². The lowest BCUT2D eigenvalue weighted by Gasteiger charge is -2.36. The molecule has 0 saturated carbocycles. The Morgan fingerprint density at radius 1 is 1.00 bits per heavy atom. The molecular formula is C27H31N3O4. The SMILES string of the molecule is COc1cc2oc(=O)c(C)c(C)c2cc1OCCCN1CCN(c2cccc3[nH]ccc23)CC1. The van der Waals surface area contributed by atoms with Gasteiger partial charge in [0.25, 0.3) is 0 Å². The van der Waals surface area contributed by atoms with Crippen molar-refractivity contribution in [2.75, 3.05) is 51.3 Å². The average Bonchev–Trinajstić information content (AvgIpc) is 3.35. The van der Waals surface area contributed by atoms with Crippen LogP contribution in [0.25, 0.3) is 21.9 Å². The Morgan fingerprint density at radius 3 is 2.62 bits per heavy atom. The first kappa shape index (κ1) is 22.3. The number of fused-ring (bicyclic) bond motifs is 2. The molecule has 4 aromatic rings. The van der Waals surface area contributed by atoms with E-state index >= 15 is 0 Å². The fourth-order valence-electron chi connectivity index (χ4n) is 4.75. The molecular weight excluding hydrogens is 430 g/mol. The molecule has 0 bridgehead atoms. The number of ether oxygens (including phenoxy) is 2. The highest BCUT2D eigenvalue weighted by Crippen LogP contribution is 2.34. The van der Waals surface area contributed by atoms with Gasteiger partial charge < -0.3 is 23.8 Å². The molecule has 1 fully saturated rings. The van der Waals surface area contributed by atoms with Crippen LogP contribution in [0.4, 0.5) is 5.69 Å². The largest absolute Gasteiger partial charge is 0.493 e. The molecule has 0 atom stereocenters. The van der Waals surface area contributed by atoms with E-state index in [1.54, 1.807) is 20.1 Å². The molecule has 1 aliphatic rings. The summed E-state index contributed by atoms with van der Waals surface area (Å²) in [5.74, 6) is 1.25. The molecule has 3 heterocycles. The summed E-state index contributed by atoms with van der Waals surface area (Å²) in [6.07, 6.45) is 2.93. The fourth-order valence-corrected chi connectivity index (χ4v) is 4.75. The lowest BCUT2D eigenvalue weighted by atomic mass is 10.1. The first-order chi connectivity index (χ1) is 16.5. The normalized spacial score (nSPS) is 14.7. The molecule has 1 aliphatic heterocycles. The molecule has 1 saturated heterocycles. The van der Waals surface area contributed by atoms with E-state index in [1.165, 1.54) is 16.6 Å². The Morgan fingerprint density at radius 2 is 1.82 bits per heavy atom. The summed E-state index contributed by atoms with van der Waals surface area (Å²) in [6, 6.07) is 12.3. The fraction of sp³-hybridized carbons (Fsp3) is 0.370. The number of H-pyrrole nitrogens is 1. The Kier molecular flexibility index (Phi) is 6.20. The van der Waals surface area contributed by atoms with Crippen molar-refractivity contribution in [1.82, 2.24) is 9.88 Å². The smallest absolute Gasteiger partial charge is 0.339 e. The molecule has 7 nitrogen and oxygen atoms in total. The predicted molar refractivity (Wildman–Crippen MR) is 136 cm³/mol. The van der Waals surface area contributed by atoms with Crippen LogP contribution < -0.4 is 20.0 Å². The highest BCUT2D eigenvalue weighted by Gasteiger charge is 2.19. The van der Waals surface area contributed by atoms with Gasteiger partial charge in [0.2, 0.25) is 0 Å². The highest BCUT2D eigenvalue weighted by molar-refractivity contribution is 5.92. The molecule has 34 heavy (non-hydrogen) atoms. The number of aromatic nitrogens is 1. The van der Waals surface area contributed by atoms with Crippen LogP contribution in [0.1, 0.15) is 17.5 Å². The Labute approximate surface area is 198 Å². The minimum atomic E-state index is -0.314. The third kappa shape index (κ3) is 4.23. The van der Waals surface area contributed by atoms with Gasteiger partial charge in [0.15, 0.2) is 11.5 Å². The van der Waals surface area contributed by atoms with Gasteiger partial charge in [-0.3, -0.25) is 4.90 Å². The highest BCUT2D eigenvalue weighted by atomic mass is 16.5. The Bertz CT molecular complexity index is 1370. The number of rotatable bonds is 7. The van der Waals surface area contributed by atoms with Crippen LogP contribution in [0.3, 0.4) is 0 Å². The standard InChI is InChI=1S/C27H31N3O4/c1-18-19(2)27(31)34-24-17-25(32-3)26(16-21(18)24)33-15-5-10-29-11-13-30(14-12-29)23-7-4-6-22-20(23)8-9-28-22/h4,6-9,16-17,28H,5,10-15H2,1-3H3. The molecule has 0 spiro atoms. The number of nitrogens with zero attached hydrogens (tertiary/aromatic N) is 2. The van der Waals surface area contributed by atoms with Crippen molar-refractivity contribution >= 4 is 27.6 Å². The predicted octanol–water partition coefficient (Wildman–Crippen LogP) is 4.49. The molecule has 0 aliphatic carbocycles. The van der Waals surface area contributed by atoms with E-state index in [9.17, 15) is 4.79 Å². The number of aryl methyl sites for hydroxylation is 1. The van der Waals surface area contributed by atoms with Gasteiger partial charge in [0.1, 0.15) is 5.58 Å². The molecule has 7 heteroatoms. The van der Waals surface area contributed by atoms with Crippen LogP contribution >= 0.6 is 0 Å². The molecule has 0 amide bonds. The third-order valence-electron chi connectivity index (χ3n) is 6.90. The van der Waals surface area contributed by atoms with Crippen molar-refractivity contribution in [2.45, 2.75) is 20.3 Å². The maximum Gasteiger partial charge on any atom is 0.339 e. The second kappa shape index (κ2) is 9.43. The Hall–Kier alpha value is -3.45. The number of hydrogen-bond donors (Lipinski definition) is 1. The number of piperazine rings is 1. The van der Waals surface area contributed by atoms with E-state index in [4.69, 9.17) is 13.9 Å². The summed E-state index contributed by atoms with van der Waals surface area (Å²) in [6.45, 7) is 9.42. The summed E-state index contributed by atoms with van der Waals surface area (Å²) in [5, 5.41) is 2.17. The molecule has 2 aromatic carbocycles. The van der Waals surface area contributed by atoms with Gasteiger partial charge in [-0.2, -0.15) is 0 Å². The van der Waals surface area contributed by atoms with Crippen LogP contribution in [0, 0.1) is 13.8 Å². The molecule has 1 N–H and O–H groups in total. The zero-order chi connectivity index (χ0) is 23.7. The monoisotopic (exact) mass is 461 g/mol. The lowest BCUT2D eigenvalue weighted by molar-refractivity contribution is 0.221. The maximum absolute atomic E-state index is 12.0. The van der Waals surface area contributed by atoms with Crippen LogP contribution in [-0.2, 0) is 0 Å². The topological polar surface area (TPSA) is 70.9 Å². The zero-order valence-electron chi connectivity index (χ0n) is 20.0. The van der Waals surface area contributed by atoms with Gasteiger partial charge in [0, 0.05) is 72.5 Å². The summed E-state index contributed by atoms with van der Waals surface area (Å²) in [5.41, 5.74) is 4.23. The first-order valence-corrected chi connectivity index (χ1v) is 11.8. The van der Waals surface area contributed by atoms with E-state index in [2.05, 4.69) is 39.0 Å². The van der Waals surface area contributed by atoms with Crippen LogP contribution in [0.15, 0.2) is 51.8 Å². The van der Waals surface area contributed by atoms with Gasteiger partial charge in [-0.1, -0.05) is 6.07 Å². The number of methoxy groups -OCH3 is 1. The molecule has 5 rings (SSSR count). The van der Waals surface area contributed by atoms with Crippen molar-refractivity contribution in [3.8, 4) is 11.5 Å². The van der Waals surface area contributed by atoms with Crippen molar-refractivity contribution in [3.05, 3.63) is 64.1 Å². The quantitative estimate of drug-likeness (QED) is 0.323. The first-order valence-electron chi connectivity index (χ1n) is 11.8. The van der Waals surface area contributed by atoms with E-state index in [-0.39, 0.29) is 5.63 Å². The van der Waals surface area contributed by atoms with Crippen molar-refractivity contribution in [3.63, 3.8) is 0 Å². The Balaban J connectivity index is 1.17. The summed E-state index contributed by atoms with van der Waals surface area (Å²) >= 11 is 0. The van der Waals surface area contributed by atoms with Gasteiger partial charge in [0.05, 0.1) is 13.7 Å². The van der Waals surface area contributed by atoms with E-state index in [1.807, 2.05) is 19.2 Å². The second-order valence-electron chi connectivity index (χ2n) is 8.89. The molecule has 0 radical (unpaired) electrons. The van der Waals surface area contributed by atoms with Gasteiger partial charge in [-0.25, -0.2) is 4.79 Å². The second-order valence-corrected chi connectivity index (χ2v) is 8.89. The number of anilines is 1. The van der Waals surface area contributed by atoms with E-state index in [0.29, 0.717) is 29.3 Å². The number of benzene rings is 2. The van der Waals surface area contributed by atoms with Crippen LogP contribution in [0.5, 0.6) is 11.5 Å². The number of nitrogens with one attached hydrogen (secondary N) is 1. The third-order valence-corrected chi connectivity index (χ3v) is 6.90. The summed E-state index contributed by atoms with van der Waals surface area (Å²) < 4.78 is 17.0. The van der Waals surface area contributed by atoms with Gasteiger partial charge in [-0.05, 0) is 50.1 Å². The van der Waals surface area contributed by atoms with Crippen molar-refractivity contribution < 1.29 is 13.9 Å². The molecule has 2 aromatic heterocycles.